The van der Waals surface area contributed by atoms with Gasteiger partial charge in [-0.25, -0.2) is 0 Å². The molecule has 1 rings (SSSR count). The quantitative estimate of drug-likeness (QED) is 0.564. The lowest BCUT2D eigenvalue weighted by atomic mass is 10.3. The molecular formula is C7H11ClN2S2. The van der Waals surface area contributed by atoms with Gasteiger partial charge >= 0.3 is 0 Å². The Kier molecular flexibility index (Phi) is 4.95. The van der Waals surface area contributed by atoms with Gasteiger partial charge in [-0.05, 0) is 12.2 Å². The fraction of sp³-hybridized carbons (Fsp3) is 0.714. The van der Waals surface area contributed by atoms with E-state index in [4.69, 9.17) is 11.6 Å². The van der Waals surface area contributed by atoms with Crippen molar-refractivity contribution < 1.29 is 0 Å². The monoisotopic (exact) mass is 222 g/mol. The van der Waals surface area contributed by atoms with E-state index in [1.54, 1.807) is 11.8 Å². The van der Waals surface area contributed by atoms with E-state index in [-0.39, 0.29) is 0 Å². The standard InChI is InChI=1S/C7H11ClN2S2/c1-2-3-4-5-11-7-6(8)9-12-10-7/h2-5H2,1H3. The van der Waals surface area contributed by atoms with Gasteiger partial charge in [0.05, 0.1) is 11.7 Å². The average molecular weight is 223 g/mol. The summed E-state index contributed by atoms with van der Waals surface area (Å²) in [6.07, 6.45) is 3.76. The zero-order valence-electron chi connectivity index (χ0n) is 6.92. The van der Waals surface area contributed by atoms with Gasteiger partial charge in [0, 0.05) is 0 Å². The van der Waals surface area contributed by atoms with Crippen LogP contribution in [0.3, 0.4) is 0 Å². The van der Waals surface area contributed by atoms with Gasteiger partial charge < -0.3 is 0 Å². The Morgan fingerprint density at radius 1 is 1.42 bits per heavy atom. The van der Waals surface area contributed by atoms with Crippen LogP contribution in [0.15, 0.2) is 5.03 Å². The van der Waals surface area contributed by atoms with Crippen molar-refractivity contribution in [3.8, 4) is 0 Å². The smallest absolute Gasteiger partial charge is 0.165 e. The molecule has 0 spiro atoms. The predicted octanol–water partition coefficient (Wildman–Crippen LogP) is 3.47. The molecule has 0 fully saturated rings. The van der Waals surface area contributed by atoms with Gasteiger partial charge in [0.15, 0.2) is 5.15 Å². The molecule has 0 saturated carbocycles. The Bertz CT molecular complexity index is 227. The number of aromatic nitrogens is 2. The molecule has 12 heavy (non-hydrogen) atoms. The average Bonchev–Trinajstić information content (AvgIpc) is 2.46. The van der Waals surface area contributed by atoms with Crippen molar-refractivity contribution in [1.82, 2.24) is 8.75 Å². The van der Waals surface area contributed by atoms with Crippen molar-refractivity contribution in [3.05, 3.63) is 5.15 Å². The third-order valence-corrected chi connectivity index (χ3v) is 3.58. The SMILES string of the molecule is CCCCCSc1nsnc1Cl. The Balaban J connectivity index is 2.20. The van der Waals surface area contributed by atoms with E-state index in [1.165, 1.54) is 31.0 Å². The first-order chi connectivity index (χ1) is 5.84. The number of nitrogens with zero attached hydrogens (tertiary/aromatic N) is 2. The van der Waals surface area contributed by atoms with Crippen LogP contribution < -0.4 is 0 Å². The third-order valence-electron chi connectivity index (χ3n) is 1.41. The van der Waals surface area contributed by atoms with Gasteiger partial charge in [0.2, 0.25) is 0 Å². The Hall–Kier alpha value is 0.200. The van der Waals surface area contributed by atoms with Crippen LogP contribution in [-0.4, -0.2) is 14.5 Å². The summed E-state index contributed by atoms with van der Waals surface area (Å²) in [4.78, 5) is 0. The number of thioether (sulfide) groups is 1. The van der Waals surface area contributed by atoms with E-state index in [0.29, 0.717) is 5.15 Å². The maximum absolute atomic E-state index is 5.77. The summed E-state index contributed by atoms with van der Waals surface area (Å²) >= 11 is 8.64. The summed E-state index contributed by atoms with van der Waals surface area (Å²) in [6.45, 7) is 2.20. The van der Waals surface area contributed by atoms with Crippen LogP contribution in [-0.2, 0) is 0 Å². The fourth-order valence-electron chi connectivity index (χ4n) is 0.777. The number of rotatable bonds is 5. The van der Waals surface area contributed by atoms with Crippen LogP contribution in [0.5, 0.6) is 0 Å². The summed E-state index contributed by atoms with van der Waals surface area (Å²) in [5.74, 6) is 1.10. The second-order valence-corrected chi connectivity index (χ2v) is 4.39. The fourth-order valence-corrected chi connectivity index (χ4v) is 2.56. The Labute approximate surface area is 86.0 Å². The lowest BCUT2D eigenvalue weighted by Gasteiger charge is -1.95. The highest BCUT2D eigenvalue weighted by atomic mass is 35.5. The molecule has 0 atom stereocenters. The molecule has 0 aliphatic rings. The van der Waals surface area contributed by atoms with Crippen molar-refractivity contribution >= 4 is 35.1 Å². The first kappa shape index (κ1) is 10.3. The van der Waals surface area contributed by atoms with Crippen molar-refractivity contribution in [1.29, 1.82) is 0 Å². The molecule has 0 saturated heterocycles. The summed E-state index contributed by atoms with van der Waals surface area (Å²) in [5, 5.41) is 1.44. The largest absolute Gasteiger partial charge is 0.176 e. The van der Waals surface area contributed by atoms with Gasteiger partial charge in [-0.2, -0.15) is 8.75 Å². The lowest BCUT2D eigenvalue weighted by Crippen LogP contribution is -1.80. The minimum Gasteiger partial charge on any atom is -0.165 e. The molecule has 1 heterocycles. The molecule has 0 aliphatic carbocycles. The van der Waals surface area contributed by atoms with Gasteiger partial charge in [-0.15, -0.1) is 11.8 Å². The molecule has 0 aromatic carbocycles. The topological polar surface area (TPSA) is 25.8 Å². The number of hydrogen-bond acceptors (Lipinski definition) is 4. The molecule has 1 aromatic rings. The minimum absolute atomic E-state index is 0.557. The molecule has 2 nitrogen and oxygen atoms in total. The second-order valence-electron chi connectivity index (χ2n) is 2.42. The van der Waals surface area contributed by atoms with Crippen LogP contribution in [0.1, 0.15) is 26.2 Å². The Morgan fingerprint density at radius 2 is 2.25 bits per heavy atom. The summed E-state index contributed by atoms with van der Waals surface area (Å²) < 4.78 is 7.97. The van der Waals surface area contributed by atoms with Gasteiger partial charge in [0.25, 0.3) is 0 Å². The lowest BCUT2D eigenvalue weighted by molar-refractivity contribution is 0.778. The first-order valence-electron chi connectivity index (χ1n) is 3.95. The van der Waals surface area contributed by atoms with Crippen molar-refractivity contribution in [2.45, 2.75) is 31.2 Å². The van der Waals surface area contributed by atoms with Crippen LogP contribution in [0.2, 0.25) is 5.15 Å². The number of halogens is 1. The van der Waals surface area contributed by atoms with Crippen LogP contribution >= 0.6 is 35.1 Å². The molecule has 0 amide bonds. The van der Waals surface area contributed by atoms with E-state index in [2.05, 4.69) is 15.7 Å². The predicted molar refractivity (Wildman–Crippen MR) is 55.2 cm³/mol. The highest BCUT2D eigenvalue weighted by molar-refractivity contribution is 7.99. The van der Waals surface area contributed by atoms with E-state index in [0.717, 1.165) is 10.8 Å². The summed E-state index contributed by atoms with van der Waals surface area (Å²) in [6, 6.07) is 0. The number of unbranched alkanes of at least 4 members (excludes halogenated alkanes) is 2. The molecule has 68 valence electrons. The minimum atomic E-state index is 0.557. The van der Waals surface area contributed by atoms with Crippen molar-refractivity contribution in [3.63, 3.8) is 0 Å². The van der Waals surface area contributed by atoms with Gasteiger partial charge in [0.1, 0.15) is 5.03 Å². The van der Waals surface area contributed by atoms with E-state index >= 15 is 0 Å². The second kappa shape index (κ2) is 5.78. The zero-order valence-corrected chi connectivity index (χ0v) is 9.31. The van der Waals surface area contributed by atoms with Crippen molar-refractivity contribution in [2.24, 2.45) is 0 Å². The highest BCUT2D eigenvalue weighted by Gasteiger charge is 2.04. The maximum Gasteiger partial charge on any atom is 0.176 e. The van der Waals surface area contributed by atoms with Gasteiger partial charge in [-0.3, -0.25) is 0 Å². The van der Waals surface area contributed by atoms with Crippen LogP contribution in [0.4, 0.5) is 0 Å². The highest BCUT2D eigenvalue weighted by Crippen LogP contribution is 2.25. The van der Waals surface area contributed by atoms with Crippen molar-refractivity contribution in [2.75, 3.05) is 5.75 Å². The van der Waals surface area contributed by atoms with E-state index < -0.39 is 0 Å². The molecule has 0 radical (unpaired) electrons. The zero-order chi connectivity index (χ0) is 8.81. The molecular weight excluding hydrogens is 212 g/mol. The molecule has 0 bridgehead atoms. The maximum atomic E-state index is 5.77. The van der Waals surface area contributed by atoms with Crippen LogP contribution in [0, 0.1) is 0 Å². The van der Waals surface area contributed by atoms with Gasteiger partial charge in [-0.1, -0.05) is 31.4 Å². The molecule has 5 heteroatoms. The van der Waals surface area contributed by atoms with Crippen LogP contribution in [0.25, 0.3) is 0 Å². The number of hydrogen-bond donors (Lipinski definition) is 0. The summed E-state index contributed by atoms with van der Waals surface area (Å²) in [7, 11) is 0. The third kappa shape index (κ3) is 3.29. The molecule has 1 aromatic heterocycles. The Morgan fingerprint density at radius 3 is 2.83 bits per heavy atom. The first-order valence-corrected chi connectivity index (χ1v) is 6.05. The molecule has 0 unspecified atom stereocenters. The molecule has 0 aliphatic heterocycles. The van der Waals surface area contributed by atoms with E-state index in [1.807, 2.05) is 0 Å². The van der Waals surface area contributed by atoms with E-state index in [9.17, 15) is 0 Å². The molecule has 0 N–H and O–H groups in total. The normalized spacial score (nSPS) is 10.5. The summed E-state index contributed by atoms with van der Waals surface area (Å²) in [5.41, 5.74) is 0.